The SMILES string of the molecule is C[n+]1cccc(C(=O)Cc2ccn([C@@H]3O[C@H](CO)[C@@H](O)C3(F)F)c(=O)n2)c1.[I-]. The smallest absolute Gasteiger partial charge is 0.350 e. The molecule has 1 aliphatic heterocycles. The van der Waals surface area contributed by atoms with Crippen molar-refractivity contribution < 1.29 is 57.1 Å². The van der Waals surface area contributed by atoms with Crippen molar-refractivity contribution in [1.82, 2.24) is 9.55 Å². The molecular weight excluding hydrogens is 491 g/mol. The maximum absolute atomic E-state index is 14.1. The maximum atomic E-state index is 14.1. The summed E-state index contributed by atoms with van der Waals surface area (Å²) in [5.74, 6) is -4.07. The number of halogens is 3. The van der Waals surface area contributed by atoms with Gasteiger partial charge in [0.1, 0.15) is 13.2 Å². The molecule has 152 valence electrons. The van der Waals surface area contributed by atoms with Crippen LogP contribution in [-0.4, -0.2) is 50.3 Å². The molecule has 11 heteroatoms. The monoisotopic (exact) mass is 509 g/mol. The van der Waals surface area contributed by atoms with Gasteiger partial charge in [0.2, 0.25) is 6.23 Å². The molecule has 0 bridgehead atoms. The van der Waals surface area contributed by atoms with Gasteiger partial charge in [-0.2, -0.15) is 13.8 Å². The Balaban J connectivity index is 0.00000280. The van der Waals surface area contributed by atoms with Crippen LogP contribution < -0.4 is 34.2 Å². The predicted octanol–water partition coefficient (Wildman–Crippen LogP) is -3.62. The quantitative estimate of drug-likeness (QED) is 0.245. The van der Waals surface area contributed by atoms with Gasteiger partial charge in [0.15, 0.2) is 24.3 Å². The number of rotatable bonds is 5. The van der Waals surface area contributed by atoms with Crippen molar-refractivity contribution in [2.24, 2.45) is 7.05 Å². The van der Waals surface area contributed by atoms with Crippen LogP contribution in [-0.2, 0) is 18.2 Å². The number of hydrogen-bond acceptors (Lipinski definition) is 6. The molecule has 0 aromatic carbocycles. The summed E-state index contributed by atoms with van der Waals surface area (Å²) in [5, 5.41) is 18.6. The van der Waals surface area contributed by atoms with Crippen molar-refractivity contribution in [3.8, 4) is 0 Å². The summed E-state index contributed by atoms with van der Waals surface area (Å²) in [5.41, 5.74) is -0.506. The Labute approximate surface area is 175 Å². The first-order valence-electron chi connectivity index (χ1n) is 8.12. The molecule has 2 aromatic heterocycles. The van der Waals surface area contributed by atoms with Gasteiger partial charge >= 0.3 is 11.6 Å². The van der Waals surface area contributed by atoms with Gasteiger partial charge in [-0.15, -0.1) is 0 Å². The van der Waals surface area contributed by atoms with Crippen molar-refractivity contribution in [2.45, 2.75) is 30.8 Å². The van der Waals surface area contributed by atoms with Crippen LogP contribution in [0.2, 0.25) is 0 Å². The number of nitrogens with zero attached hydrogens (tertiary/aromatic N) is 3. The first-order valence-corrected chi connectivity index (χ1v) is 8.12. The largest absolute Gasteiger partial charge is 1.00 e. The first kappa shape index (κ1) is 22.5. The van der Waals surface area contributed by atoms with E-state index in [4.69, 9.17) is 9.84 Å². The van der Waals surface area contributed by atoms with Crippen molar-refractivity contribution in [1.29, 1.82) is 0 Å². The van der Waals surface area contributed by atoms with Gasteiger partial charge in [0.05, 0.1) is 24.3 Å². The van der Waals surface area contributed by atoms with Crippen molar-refractivity contribution in [3.05, 3.63) is 58.5 Å². The Morgan fingerprint density at radius 2 is 2.14 bits per heavy atom. The third kappa shape index (κ3) is 4.26. The molecule has 3 rings (SSSR count). The molecule has 0 spiro atoms. The summed E-state index contributed by atoms with van der Waals surface area (Å²) >= 11 is 0. The van der Waals surface area contributed by atoms with Crippen LogP contribution in [0.25, 0.3) is 0 Å². The number of ketones is 1. The molecule has 28 heavy (non-hydrogen) atoms. The zero-order valence-electron chi connectivity index (χ0n) is 14.7. The van der Waals surface area contributed by atoms with Gasteiger partial charge < -0.3 is 38.9 Å². The third-order valence-corrected chi connectivity index (χ3v) is 4.30. The van der Waals surface area contributed by atoms with E-state index >= 15 is 0 Å². The maximum Gasteiger partial charge on any atom is 0.350 e. The number of carbonyl (C=O) groups is 1. The predicted molar refractivity (Wildman–Crippen MR) is 86.1 cm³/mol. The number of aliphatic hydroxyl groups is 2. The van der Waals surface area contributed by atoms with E-state index in [-0.39, 0.29) is 41.9 Å². The Morgan fingerprint density at radius 3 is 2.71 bits per heavy atom. The van der Waals surface area contributed by atoms with Crippen LogP contribution >= 0.6 is 0 Å². The molecule has 0 aliphatic carbocycles. The number of aliphatic hydroxyl groups excluding tert-OH is 2. The van der Waals surface area contributed by atoms with Crippen LogP contribution in [0.4, 0.5) is 8.78 Å². The fourth-order valence-electron chi connectivity index (χ4n) is 2.86. The Bertz CT molecular complexity index is 924. The number of Topliss-reactive ketones (excluding diaryl/α,β-unsaturated/α-hetero) is 1. The highest BCUT2D eigenvalue weighted by Crippen LogP contribution is 2.41. The standard InChI is InChI=1S/C17H18F2N3O5.HI/c1-21-5-2-3-10(8-21)12(24)7-11-4-6-22(16(26)20-11)15-17(18,19)14(25)13(9-23)27-15;/h2-6,8,13-15,23,25H,7,9H2,1H3;1H/q+1;/p-1/t13-,14-,15-;/m1./s1. The number of hydrogen-bond donors (Lipinski definition) is 2. The normalized spacial score (nSPS) is 23.2. The second-order valence-electron chi connectivity index (χ2n) is 6.30. The molecule has 0 radical (unpaired) electrons. The Morgan fingerprint density at radius 1 is 1.43 bits per heavy atom. The topological polar surface area (TPSA) is 106 Å². The molecule has 0 saturated carbocycles. The molecule has 0 amide bonds. The number of carbonyl (C=O) groups excluding carboxylic acids is 1. The van der Waals surface area contributed by atoms with Crippen molar-refractivity contribution in [2.75, 3.05) is 6.61 Å². The molecule has 3 atom stereocenters. The fourth-order valence-corrected chi connectivity index (χ4v) is 2.86. The highest BCUT2D eigenvalue weighted by molar-refractivity contribution is 5.96. The lowest BCUT2D eigenvalue weighted by molar-refractivity contribution is -0.671. The first-order chi connectivity index (χ1) is 12.7. The highest BCUT2D eigenvalue weighted by atomic mass is 127. The van der Waals surface area contributed by atoms with Crippen molar-refractivity contribution >= 4 is 5.78 Å². The second-order valence-corrected chi connectivity index (χ2v) is 6.30. The summed E-state index contributed by atoms with van der Waals surface area (Å²) in [4.78, 5) is 28.1. The zero-order chi connectivity index (χ0) is 19.8. The van der Waals surface area contributed by atoms with Gasteiger partial charge in [-0.3, -0.25) is 9.36 Å². The van der Waals surface area contributed by atoms with E-state index in [0.717, 1.165) is 6.20 Å². The lowest BCUT2D eigenvalue weighted by Gasteiger charge is -2.21. The molecule has 1 saturated heterocycles. The van der Waals surface area contributed by atoms with E-state index in [2.05, 4.69) is 4.98 Å². The minimum atomic E-state index is -3.78. The minimum Gasteiger partial charge on any atom is -1.00 e. The number of pyridine rings is 1. The van der Waals surface area contributed by atoms with E-state index in [9.17, 15) is 23.5 Å². The molecular formula is C17H18F2IN3O5. The van der Waals surface area contributed by atoms with Gasteiger partial charge in [-0.1, -0.05) is 0 Å². The molecule has 8 nitrogen and oxygen atoms in total. The van der Waals surface area contributed by atoms with Gasteiger partial charge in [-0.25, -0.2) is 9.36 Å². The molecule has 2 aromatic rings. The molecule has 3 heterocycles. The number of aromatic nitrogens is 3. The average molecular weight is 509 g/mol. The fraction of sp³-hybridized carbons (Fsp3) is 0.412. The summed E-state index contributed by atoms with van der Waals surface area (Å²) in [6.45, 7) is -0.823. The Hall–Kier alpha value is -1.83. The highest BCUT2D eigenvalue weighted by Gasteiger charge is 2.59. The zero-order valence-corrected chi connectivity index (χ0v) is 16.9. The summed E-state index contributed by atoms with van der Waals surface area (Å²) < 4.78 is 35.4. The molecule has 0 unspecified atom stereocenters. The lowest BCUT2D eigenvalue weighted by Crippen LogP contribution is -3.00. The van der Waals surface area contributed by atoms with Crippen LogP contribution in [0.3, 0.4) is 0 Å². The van der Waals surface area contributed by atoms with Crippen LogP contribution in [0, 0.1) is 0 Å². The Kier molecular flexibility index (Phi) is 6.96. The second kappa shape index (κ2) is 8.68. The minimum absolute atomic E-state index is 0. The molecule has 1 fully saturated rings. The number of aryl methyl sites for hydroxylation is 1. The van der Waals surface area contributed by atoms with Gasteiger partial charge in [0, 0.05) is 12.3 Å². The average Bonchev–Trinajstić information content (AvgIpc) is 2.85. The van der Waals surface area contributed by atoms with E-state index < -0.39 is 36.7 Å². The van der Waals surface area contributed by atoms with Crippen molar-refractivity contribution in [3.63, 3.8) is 0 Å². The summed E-state index contributed by atoms with van der Waals surface area (Å²) in [6.07, 6.45) is -1.63. The van der Waals surface area contributed by atoms with E-state index in [1.807, 2.05) is 0 Å². The van der Waals surface area contributed by atoms with Crippen LogP contribution in [0.5, 0.6) is 0 Å². The van der Waals surface area contributed by atoms with Crippen LogP contribution in [0.15, 0.2) is 41.6 Å². The summed E-state index contributed by atoms with van der Waals surface area (Å²) in [7, 11) is 1.76. The van der Waals surface area contributed by atoms with Gasteiger partial charge in [0.25, 0.3) is 0 Å². The van der Waals surface area contributed by atoms with Gasteiger partial charge in [-0.05, 0) is 12.1 Å². The third-order valence-electron chi connectivity index (χ3n) is 4.30. The van der Waals surface area contributed by atoms with E-state index in [1.165, 1.54) is 6.07 Å². The summed E-state index contributed by atoms with van der Waals surface area (Å²) in [6, 6.07) is 4.58. The lowest BCUT2D eigenvalue weighted by atomic mass is 10.1. The number of alkyl halides is 2. The van der Waals surface area contributed by atoms with E-state index in [0.29, 0.717) is 10.1 Å². The van der Waals surface area contributed by atoms with Crippen LogP contribution in [0.1, 0.15) is 22.3 Å². The number of ether oxygens (including phenoxy) is 1. The molecule has 2 N–H and O–H groups in total. The van der Waals surface area contributed by atoms with E-state index in [1.54, 1.807) is 36.1 Å². The molecule has 1 aliphatic rings.